The van der Waals surface area contributed by atoms with Gasteiger partial charge in [0.05, 0.1) is 6.61 Å². The van der Waals surface area contributed by atoms with Crippen LogP contribution in [-0.4, -0.2) is 29.2 Å². The average Bonchev–Trinajstić information content (AvgIpc) is 3.23. The van der Waals surface area contributed by atoms with Gasteiger partial charge in [-0.2, -0.15) is 0 Å². The summed E-state index contributed by atoms with van der Waals surface area (Å²) in [5.74, 6) is 0.810. The summed E-state index contributed by atoms with van der Waals surface area (Å²) < 4.78 is 7.38. The summed E-state index contributed by atoms with van der Waals surface area (Å²) in [5, 5.41) is 3.32. The Hall–Kier alpha value is -1.36. The topological polar surface area (TPSA) is 56.1 Å². The maximum Gasteiger partial charge on any atom is 0.313 e. The van der Waals surface area contributed by atoms with Crippen LogP contribution >= 0.6 is 0 Å². The van der Waals surface area contributed by atoms with Gasteiger partial charge in [0.2, 0.25) is 0 Å². The Bertz CT molecular complexity index is 462. The fourth-order valence-corrected chi connectivity index (χ4v) is 2.39. The van der Waals surface area contributed by atoms with Gasteiger partial charge < -0.3 is 14.6 Å². The molecule has 0 aromatic carbocycles. The second-order valence-corrected chi connectivity index (χ2v) is 5.18. The molecule has 0 radical (unpaired) electrons. The van der Waals surface area contributed by atoms with E-state index in [0.717, 1.165) is 38.8 Å². The molecule has 0 amide bonds. The number of hydrogen-bond acceptors (Lipinski definition) is 4. The molecule has 1 saturated heterocycles. The number of rotatable bonds is 4. The van der Waals surface area contributed by atoms with Crippen molar-refractivity contribution in [2.24, 2.45) is 5.92 Å². The van der Waals surface area contributed by atoms with Crippen LogP contribution in [0.4, 0.5) is 0 Å². The van der Waals surface area contributed by atoms with E-state index in [1.54, 1.807) is 17.0 Å². The predicted octanol–water partition coefficient (Wildman–Crippen LogP) is 0.957. The van der Waals surface area contributed by atoms with Crippen molar-refractivity contribution in [3.05, 3.63) is 22.7 Å². The SMILES string of the molecule is O=c1c(OCC2CCNCC2)nccn1C1CC1. The lowest BCUT2D eigenvalue weighted by molar-refractivity contribution is 0.205. The molecular weight excluding hydrogens is 230 g/mol. The van der Waals surface area contributed by atoms with Crippen molar-refractivity contribution in [2.75, 3.05) is 19.7 Å². The molecule has 1 aromatic rings. The molecule has 0 spiro atoms. The number of nitrogens with zero attached hydrogens (tertiary/aromatic N) is 2. The molecule has 1 N–H and O–H groups in total. The van der Waals surface area contributed by atoms with Gasteiger partial charge in [0.25, 0.3) is 5.88 Å². The summed E-state index contributed by atoms with van der Waals surface area (Å²) in [6.45, 7) is 2.70. The molecule has 0 unspecified atom stereocenters. The van der Waals surface area contributed by atoms with Crippen LogP contribution < -0.4 is 15.6 Å². The summed E-state index contributed by atoms with van der Waals surface area (Å²) >= 11 is 0. The van der Waals surface area contributed by atoms with E-state index in [1.165, 1.54) is 0 Å². The van der Waals surface area contributed by atoms with Crippen molar-refractivity contribution in [3.8, 4) is 5.88 Å². The fourth-order valence-electron chi connectivity index (χ4n) is 2.39. The molecule has 0 atom stereocenters. The Kier molecular flexibility index (Phi) is 3.32. The van der Waals surface area contributed by atoms with Gasteiger partial charge in [-0.05, 0) is 44.7 Å². The van der Waals surface area contributed by atoms with Gasteiger partial charge in [-0.3, -0.25) is 4.79 Å². The Morgan fingerprint density at radius 1 is 1.33 bits per heavy atom. The summed E-state index contributed by atoms with van der Waals surface area (Å²) in [6, 6.07) is 0.377. The van der Waals surface area contributed by atoms with Crippen molar-refractivity contribution in [3.63, 3.8) is 0 Å². The number of aromatic nitrogens is 2. The van der Waals surface area contributed by atoms with Crippen LogP contribution in [-0.2, 0) is 0 Å². The molecule has 1 aliphatic carbocycles. The van der Waals surface area contributed by atoms with Crippen molar-refractivity contribution >= 4 is 0 Å². The fraction of sp³-hybridized carbons (Fsp3) is 0.692. The van der Waals surface area contributed by atoms with Crippen molar-refractivity contribution in [1.29, 1.82) is 0 Å². The molecule has 5 heteroatoms. The van der Waals surface area contributed by atoms with E-state index < -0.39 is 0 Å². The van der Waals surface area contributed by atoms with Crippen LogP contribution in [0.1, 0.15) is 31.7 Å². The van der Waals surface area contributed by atoms with Crippen LogP contribution in [0.25, 0.3) is 0 Å². The highest BCUT2D eigenvalue weighted by molar-refractivity contribution is 5.07. The van der Waals surface area contributed by atoms with E-state index >= 15 is 0 Å². The largest absolute Gasteiger partial charge is 0.473 e. The lowest BCUT2D eigenvalue weighted by atomic mass is 9.99. The highest BCUT2D eigenvalue weighted by Crippen LogP contribution is 2.33. The highest BCUT2D eigenvalue weighted by atomic mass is 16.5. The highest BCUT2D eigenvalue weighted by Gasteiger charge is 2.25. The first-order valence-corrected chi connectivity index (χ1v) is 6.75. The van der Waals surface area contributed by atoms with E-state index in [-0.39, 0.29) is 11.4 Å². The number of nitrogens with one attached hydrogen (secondary N) is 1. The standard InChI is InChI=1S/C13H19N3O2/c17-13-12(15-7-8-16(13)11-1-2-11)18-9-10-3-5-14-6-4-10/h7-8,10-11,14H,1-6,9H2. The molecule has 18 heavy (non-hydrogen) atoms. The third-order valence-electron chi connectivity index (χ3n) is 3.69. The number of piperidine rings is 1. The van der Waals surface area contributed by atoms with E-state index in [9.17, 15) is 4.79 Å². The minimum Gasteiger partial charge on any atom is -0.473 e. The normalized spacial score (nSPS) is 20.9. The Morgan fingerprint density at radius 2 is 2.11 bits per heavy atom. The second-order valence-electron chi connectivity index (χ2n) is 5.18. The molecule has 1 aromatic heterocycles. The van der Waals surface area contributed by atoms with Crippen molar-refractivity contribution in [1.82, 2.24) is 14.9 Å². The van der Waals surface area contributed by atoms with E-state index in [4.69, 9.17) is 4.74 Å². The summed E-state index contributed by atoms with van der Waals surface area (Å²) in [4.78, 5) is 16.1. The summed E-state index contributed by atoms with van der Waals surface area (Å²) in [6.07, 6.45) is 7.84. The molecule has 2 aliphatic rings. The first kappa shape index (κ1) is 11.7. The van der Waals surface area contributed by atoms with Gasteiger partial charge in [0.15, 0.2) is 0 Å². The Balaban J connectivity index is 1.65. The maximum atomic E-state index is 12.1. The molecule has 2 fully saturated rings. The second kappa shape index (κ2) is 5.10. The van der Waals surface area contributed by atoms with Gasteiger partial charge in [-0.15, -0.1) is 0 Å². The minimum atomic E-state index is -0.0751. The molecule has 3 rings (SSSR count). The zero-order valence-electron chi connectivity index (χ0n) is 10.5. The first-order valence-electron chi connectivity index (χ1n) is 6.75. The van der Waals surface area contributed by atoms with Crippen LogP contribution in [0.2, 0.25) is 0 Å². The number of ether oxygens (including phenoxy) is 1. The molecule has 0 bridgehead atoms. The Morgan fingerprint density at radius 3 is 2.83 bits per heavy atom. The van der Waals surface area contributed by atoms with Gasteiger partial charge in [0.1, 0.15) is 0 Å². The van der Waals surface area contributed by atoms with Crippen LogP contribution in [0.5, 0.6) is 5.88 Å². The van der Waals surface area contributed by atoms with Crippen molar-refractivity contribution in [2.45, 2.75) is 31.7 Å². The van der Waals surface area contributed by atoms with Crippen LogP contribution in [0, 0.1) is 5.92 Å². The third kappa shape index (κ3) is 2.56. The van der Waals surface area contributed by atoms with Gasteiger partial charge in [-0.1, -0.05) is 0 Å². The van der Waals surface area contributed by atoms with Crippen molar-refractivity contribution < 1.29 is 4.74 Å². The zero-order valence-corrected chi connectivity index (χ0v) is 10.5. The van der Waals surface area contributed by atoms with Gasteiger partial charge in [0, 0.05) is 18.4 Å². The zero-order chi connectivity index (χ0) is 12.4. The lowest BCUT2D eigenvalue weighted by Crippen LogP contribution is -2.31. The molecule has 5 nitrogen and oxygen atoms in total. The minimum absolute atomic E-state index is 0.0751. The van der Waals surface area contributed by atoms with Crippen LogP contribution in [0.3, 0.4) is 0 Å². The molecule has 2 heterocycles. The molecular formula is C13H19N3O2. The summed E-state index contributed by atoms with van der Waals surface area (Å²) in [5.41, 5.74) is -0.0751. The van der Waals surface area contributed by atoms with Gasteiger partial charge in [-0.25, -0.2) is 4.98 Å². The van der Waals surface area contributed by atoms with E-state index in [2.05, 4.69) is 10.3 Å². The maximum absolute atomic E-state index is 12.1. The van der Waals surface area contributed by atoms with Gasteiger partial charge >= 0.3 is 5.56 Å². The smallest absolute Gasteiger partial charge is 0.313 e. The Labute approximate surface area is 106 Å². The first-order chi connectivity index (χ1) is 8.84. The van der Waals surface area contributed by atoms with Crippen LogP contribution in [0.15, 0.2) is 17.2 Å². The predicted molar refractivity (Wildman–Crippen MR) is 67.9 cm³/mol. The lowest BCUT2D eigenvalue weighted by Gasteiger charge is -2.22. The quantitative estimate of drug-likeness (QED) is 0.863. The monoisotopic (exact) mass is 249 g/mol. The molecule has 1 aliphatic heterocycles. The molecule has 98 valence electrons. The average molecular weight is 249 g/mol. The third-order valence-corrected chi connectivity index (χ3v) is 3.69. The summed E-state index contributed by atoms with van der Waals surface area (Å²) in [7, 11) is 0. The molecule has 1 saturated carbocycles. The van der Waals surface area contributed by atoms with E-state index in [0.29, 0.717) is 18.6 Å². The number of hydrogen-bond donors (Lipinski definition) is 1. The van der Waals surface area contributed by atoms with E-state index in [1.807, 2.05) is 0 Å².